The Morgan fingerprint density at radius 1 is 1.02 bits per heavy atom. The van der Waals surface area contributed by atoms with Crippen LogP contribution >= 0.6 is 7.67 Å². The molecule has 0 radical (unpaired) electrons. The highest BCUT2D eigenvalue weighted by Gasteiger charge is 2.46. The van der Waals surface area contributed by atoms with Crippen molar-refractivity contribution in [2.24, 2.45) is 18.5 Å². The first-order valence-electron chi connectivity index (χ1n) is 15.1. The third-order valence-electron chi connectivity index (χ3n) is 7.80. The van der Waals surface area contributed by atoms with E-state index < -0.39 is 34.6 Å². The van der Waals surface area contributed by atoms with Crippen LogP contribution in [0, 0.1) is 26.1 Å². The molecule has 2 atom stereocenters. The molecule has 0 saturated carbocycles. The Morgan fingerprint density at radius 2 is 1.56 bits per heavy atom. The summed E-state index contributed by atoms with van der Waals surface area (Å²) in [6.45, 7) is 16.5. The van der Waals surface area contributed by atoms with Gasteiger partial charge in [0.2, 0.25) is 0 Å². The predicted molar refractivity (Wildman–Crippen MR) is 167 cm³/mol. The molecule has 2 aromatic rings. The summed E-state index contributed by atoms with van der Waals surface area (Å²) in [4.78, 5) is 31.0. The lowest BCUT2D eigenvalue weighted by molar-refractivity contribution is -0.398. The number of nitrogens with zero attached hydrogens (tertiary/aromatic N) is 7. The standard InChI is InChI=1S/C28H51N8O6P/c1-10-12-14-17-33(18-15-13-11-2)43(29,41)42-23(21(3)4)22-24(31-26(32(22)9)36(39)40)27(5,6)20-28(7,8)34-19-16-30-25(34)35(37)38/h16,19,21,23H,10-15,17-18,20H2,1-9H3,(H2,29,41). The van der Waals surface area contributed by atoms with Crippen molar-refractivity contribution in [3.05, 3.63) is 44.0 Å². The van der Waals surface area contributed by atoms with E-state index in [1.807, 2.05) is 41.5 Å². The SMILES string of the molecule is CCCCCN(CCCCC)P(N)(=O)OC(c1c(C(C)(C)CC(C)(C)n2ccnc2[N+](=O)[O-])nc([N+](=O)[O-])n1C)C(C)C. The molecule has 0 aliphatic rings. The lowest BCUT2D eigenvalue weighted by Crippen LogP contribution is -2.36. The summed E-state index contributed by atoms with van der Waals surface area (Å²) in [6, 6.07) is 0. The Labute approximate surface area is 255 Å². The van der Waals surface area contributed by atoms with Crippen molar-refractivity contribution in [1.82, 2.24) is 23.8 Å². The van der Waals surface area contributed by atoms with Crippen LogP contribution in [0.3, 0.4) is 0 Å². The van der Waals surface area contributed by atoms with E-state index in [-0.39, 0.29) is 17.8 Å². The van der Waals surface area contributed by atoms with Gasteiger partial charge in [0.05, 0.1) is 12.6 Å². The van der Waals surface area contributed by atoms with Crippen LogP contribution in [0.15, 0.2) is 12.4 Å². The van der Waals surface area contributed by atoms with Gasteiger partial charge in [0.1, 0.15) is 24.2 Å². The molecule has 0 saturated heterocycles. The summed E-state index contributed by atoms with van der Waals surface area (Å²) in [6.07, 6.45) is 7.94. The van der Waals surface area contributed by atoms with Gasteiger partial charge in [-0.3, -0.25) is 9.09 Å². The maximum Gasteiger partial charge on any atom is 0.434 e. The van der Waals surface area contributed by atoms with Crippen molar-refractivity contribution in [3.63, 3.8) is 0 Å². The average Bonchev–Trinajstić information content (AvgIpc) is 3.52. The molecule has 2 N–H and O–H groups in total. The number of nitro groups is 2. The Hall–Kier alpha value is -2.67. The van der Waals surface area contributed by atoms with E-state index in [4.69, 9.17) is 10.0 Å². The third-order valence-corrected chi connectivity index (χ3v) is 9.52. The number of hydrogen-bond acceptors (Lipinski definition) is 8. The zero-order chi connectivity index (χ0) is 32.8. The van der Waals surface area contributed by atoms with E-state index in [0.717, 1.165) is 38.5 Å². The summed E-state index contributed by atoms with van der Waals surface area (Å²) in [7, 11) is -2.28. The van der Waals surface area contributed by atoms with Crippen molar-refractivity contribution in [3.8, 4) is 0 Å². The van der Waals surface area contributed by atoms with E-state index in [1.54, 1.807) is 17.9 Å². The predicted octanol–water partition coefficient (Wildman–Crippen LogP) is 7.00. The summed E-state index contributed by atoms with van der Waals surface area (Å²) in [5.41, 5.74) is 5.64. The van der Waals surface area contributed by atoms with Crippen molar-refractivity contribution in [2.75, 3.05) is 13.1 Å². The van der Waals surface area contributed by atoms with E-state index in [0.29, 0.717) is 30.9 Å². The Bertz CT molecular complexity index is 1280. The fourth-order valence-electron chi connectivity index (χ4n) is 5.84. The zero-order valence-corrected chi connectivity index (χ0v) is 28.2. The first-order valence-corrected chi connectivity index (χ1v) is 16.8. The van der Waals surface area contributed by atoms with Gasteiger partial charge in [-0.25, -0.2) is 19.3 Å². The van der Waals surface area contributed by atoms with Gasteiger partial charge in [-0.15, -0.1) is 0 Å². The van der Waals surface area contributed by atoms with Crippen LogP contribution in [-0.4, -0.2) is 46.7 Å². The van der Waals surface area contributed by atoms with Crippen LogP contribution in [0.5, 0.6) is 0 Å². The lowest BCUT2D eigenvalue weighted by Gasteiger charge is -2.35. The van der Waals surface area contributed by atoms with Gasteiger partial charge in [0, 0.05) is 18.5 Å². The van der Waals surface area contributed by atoms with Gasteiger partial charge in [-0.05, 0) is 48.9 Å². The fraction of sp³-hybridized carbons (Fsp3) is 0.786. The Kier molecular flexibility index (Phi) is 12.6. The second kappa shape index (κ2) is 14.9. The molecule has 0 aliphatic carbocycles. The molecular formula is C28H51N8O6P. The molecule has 2 rings (SSSR count). The molecule has 2 heterocycles. The monoisotopic (exact) mass is 626 g/mol. The normalized spacial score (nSPS) is 14.8. The van der Waals surface area contributed by atoms with Gasteiger partial charge in [-0.1, -0.05) is 77.2 Å². The highest BCUT2D eigenvalue weighted by molar-refractivity contribution is 7.53. The van der Waals surface area contributed by atoms with Crippen molar-refractivity contribution in [1.29, 1.82) is 0 Å². The van der Waals surface area contributed by atoms with Crippen LogP contribution in [0.25, 0.3) is 0 Å². The number of imidazole rings is 2. The van der Waals surface area contributed by atoms with E-state index in [2.05, 4.69) is 23.8 Å². The topological polar surface area (TPSA) is 177 Å². The maximum atomic E-state index is 14.1. The number of hydrogen-bond donors (Lipinski definition) is 1. The molecular weight excluding hydrogens is 575 g/mol. The molecule has 2 unspecified atom stereocenters. The van der Waals surface area contributed by atoms with Crippen LogP contribution in [-0.2, 0) is 27.1 Å². The smallest absolute Gasteiger partial charge is 0.390 e. The molecule has 0 aliphatic heterocycles. The number of nitrogens with two attached hydrogens (primary N) is 1. The molecule has 0 spiro atoms. The number of aromatic nitrogens is 4. The molecule has 0 fully saturated rings. The second-order valence-electron chi connectivity index (χ2n) is 12.9. The Balaban J connectivity index is 2.61. The minimum absolute atomic E-state index is 0.266. The quantitative estimate of drug-likeness (QED) is 0.0739. The lowest BCUT2D eigenvalue weighted by atomic mass is 9.76. The highest BCUT2D eigenvalue weighted by Crippen LogP contribution is 2.51. The third kappa shape index (κ3) is 8.93. The van der Waals surface area contributed by atoms with Crippen molar-refractivity contribution >= 4 is 19.6 Å². The molecule has 43 heavy (non-hydrogen) atoms. The summed E-state index contributed by atoms with van der Waals surface area (Å²) in [5.74, 6) is -0.947. The highest BCUT2D eigenvalue weighted by atomic mass is 31.2. The van der Waals surface area contributed by atoms with Gasteiger partial charge >= 0.3 is 19.6 Å². The van der Waals surface area contributed by atoms with E-state index in [9.17, 15) is 24.8 Å². The van der Waals surface area contributed by atoms with Crippen molar-refractivity contribution in [2.45, 2.75) is 117 Å². The summed E-state index contributed by atoms with van der Waals surface area (Å²) < 4.78 is 25.1. The van der Waals surface area contributed by atoms with Gasteiger partial charge in [0.15, 0.2) is 5.69 Å². The maximum absolute atomic E-state index is 14.1. The Morgan fingerprint density at radius 3 is 2.02 bits per heavy atom. The summed E-state index contributed by atoms with van der Waals surface area (Å²) in [5, 5.41) is 23.7. The molecule has 2 aromatic heterocycles. The molecule has 14 nitrogen and oxygen atoms in total. The van der Waals surface area contributed by atoms with Crippen LogP contribution < -0.4 is 5.50 Å². The summed E-state index contributed by atoms with van der Waals surface area (Å²) >= 11 is 0. The largest absolute Gasteiger partial charge is 0.434 e. The number of rotatable bonds is 19. The van der Waals surface area contributed by atoms with Crippen molar-refractivity contribution < 1.29 is 18.9 Å². The van der Waals surface area contributed by atoms with Gasteiger partial charge in [-0.2, -0.15) is 0 Å². The number of unbranched alkanes of at least 4 members (excludes halogenated alkanes) is 4. The molecule has 0 bridgehead atoms. The zero-order valence-electron chi connectivity index (χ0n) is 27.3. The minimum atomic E-state index is -3.83. The van der Waals surface area contributed by atoms with Gasteiger partial charge in [0.25, 0.3) is 0 Å². The fourth-order valence-corrected chi connectivity index (χ4v) is 7.48. The van der Waals surface area contributed by atoms with Crippen LogP contribution in [0.4, 0.5) is 11.9 Å². The van der Waals surface area contributed by atoms with Crippen LogP contribution in [0.1, 0.15) is 118 Å². The molecule has 0 aromatic carbocycles. The molecule has 0 amide bonds. The van der Waals surface area contributed by atoms with E-state index in [1.165, 1.54) is 15.3 Å². The average molecular weight is 627 g/mol. The van der Waals surface area contributed by atoms with Gasteiger partial charge < -0.3 is 20.2 Å². The second-order valence-corrected chi connectivity index (χ2v) is 14.8. The van der Waals surface area contributed by atoms with Crippen LogP contribution in [0.2, 0.25) is 0 Å². The molecule has 15 heteroatoms. The molecule has 244 valence electrons. The first kappa shape index (κ1) is 36.5. The van der Waals surface area contributed by atoms with E-state index >= 15 is 0 Å². The first-order chi connectivity index (χ1) is 19.9. The minimum Gasteiger partial charge on any atom is -0.390 e.